The van der Waals surface area contributed by atoms with Crippen LogP contribution >= 0.6 is 0 Å². The third kappa shape index (κ3) is 5.92. The molecule has 0 bridgehead atoms. The van der Waals surface area contributed by atoms with Crippen LogP contribution < -0.4 is 0 Å². The molecule has 0 aliphatic rings. The molecule has 4 aromatic rings. The van der Waals surface area contributed by atoms with E-state index in [1.165, 1.54) is 5.56 Å². The molecule has 1 amide bonds. The number of hydrogen-bond acceptors (Lipinski definition) is 3. The molecule has 3 aromatic carbocycles. The minimum atomic E-state index is -0.312. The van der Waals surface area contributed by atoms with Gasteiger partial charge in [-0.05, 0) is 29.5 Å². The van der Waals surface area contributed by atoms with E-state index in [2.05, 4.69) is 55.8 Å². The second kappa shape index (κ2) is 11.4. The van der Waals surface area contributed by atoms with E-state index >= 15 is 0 Å². The molecular formula is C31H35N3O2. The predicted octanol–water partition coefficient (Wildman–Crippen LogP) is 6.21. The number of carbonyl (C=O) groups excluding carboxylic acids is 1. The zero-order valence-corrected chi connectivity index (χ0v) is 21.3. The maximum Gasteiger partial charge on any atom is 0.254 e. The Hall–Kier alpha value is -3.70. The molecule has 0 radical (unpaired) electrons. The Balaban J connectivity index is 1.86. The third-order valence-corrected chi connectivity index (χ3v) is 6.29. The predicted molar refractivity (Wildman–Crippen MR) is 145 cm³/mol. The van der Waals surface area contributed by atoms with E-state index in [4.69, 9.17) is 4.98 Å². The Morgan fingerprint density at radius 2 is 1.50 bits per heavy atom. The van der Waals surface area contributed by atoms with Crippen LogP contribution in [0.5, 0.6) is 0 Å². The van der Waals surface area contributed by atoms with Crippen LogP contribution in [0.3, 0.4) is 0 Å². The zero-order chi connectivity index (χ0) is 25.5. The fourth-order valence-corrected chi connectivity index (χ4v) is 4.63. The molecule has 1 atom stereocenters. The van der Waals surface area contributed by atoms with Gasteiger partial charge in [0.05, 0.1) is 11.7 Å². The van der Waals surface area contributed by atoms with Crippen molar-refractivity contribution in [1.82, 2.24) is 14.5 Å². The fraction of sp³-hybridized carbons (Fsp3) is 0.290. The molecule has 5 nitrogen and oxygen atoms in total. The van der Waals surface area contributed by atoms with E-state index in [-0.39, 0.29) is 24.0 Å². The third-order valence-electron chi connectivity index (χ3n) is 6.29. The van der Waals surface area contributed by atoms with Gasteiger partial charge in [0.1, 0.15) is 5.82 Å². The van der Waals surface area contributed by atoms with Gasteiger partial charge in [-0.3, -0.25) is 4.79 Å². The standard InChI is InChI=1S/C31H35N3O2/c1-31(2,3)28(34(20-13-21-35)30(36)26-18-11-6-12-19-26)29-32-27(25-16-9-5-10-17-25)23-33(29)22-24-14-7-4-8-15-24/h4-12,14-19,23,28,35H,13,20-22H2,1-3H3/t28-/m0/s1. The molecule has 0 unspecified atom stereocenters. The summed E-state index contributed by atoms with van der Waals surface area (Å²) >= 11 is 0. The smallest absolute Gasteiger partial charge is 0.254 e. The van der Waals surface area contributed by atoms with Gasteiger partial charge < -0.3 is 14.6 Å². The van der Waals surface area contributed by atoms with Crippen LogP contribution in [0, 0.1) is 5.41 Å². The number of carbonyl (C=O) groups is 1. The maximum atomic E-state index is 13.9. The molecule has 0 fully saturated rings. The first-order valence-electron chi connectivity index (χ1n) is 12.5. The summed E-state index contributed by atoms with van der Waals surface area (Å²) in [4.78, 5) is 20.9. The highest BCUT2D eigenvalue weighted by atomic mass is 16.3. The summed E-state index contributed by atoms with van der Waals surface area (Å²) in [5.74, 6) is 0.784. The van der Waals surface area contributed by atoms with E-state index in [1.807, 2.05) is 71.6 Å². The first-order chi connectivity index (χ1) is 17.4. The van der Waals surface area contributed by atoms with Crippen molar-refractivity contribution in [2.24, 2.45) is 5.41 Å². The molecule has 0 saturated carbocycles. The summed E-state index contributed by atoms with van der Waals surface area (Å²) in [5.41, 5.74) is 3.40. The lowest BCUT2D eigenvalue weighted by atomic mass is 9.84. The second-order valence-electron chi connectivity index (χ2n) is 10.2. The molecule has 1 aromatic heterocycles. The Bertz CT molecular complexity index is 1250. The SMILES string of the molecule is CC(C)(C)[C@H](c1nc(-c2ccccc2)cn1Cc1ccccc1)N(CCCO)C(=O)c1ccccc1. The van der Waals surface area contributed by atoms with Crippen molar-refractivity contribution in [2.45, 2.75) is 39.8 Å². The van der Waals surface area contributed by atoms with E-state index in [0.29, 0.717) is 25.1 Å². The Labute approximate surface area is 214 Å². The van der Waals surface area contributed by atoms with E-state index < -0.39 is 0 Å². The molecule has 0 saturated heterocycles. The van der Waals surface area contributed by atoms with Crippen LogP contribution in [0.25, 0.3) is 11.3 Å². The summed E-state index contributed by atoms with van der Waals surface area (Å²) in [5, 5.41) is 9.67. The van der Waals surface area contributed by atoms with Crippen LogP contribution in [0.15, 0.2) is 97.2 Å². The molecule has 1 heterocycles. The zero-order valence-electron chi connectivity index (χ0n) is 21.3. The van der Waals surface area contributed by atoms with Gasteiger partial charge in [-0.1, -0.05) is 99.6 Å². The molecule has 36 heavy (non-hydrogen) atoms. The normalized spacial score (nSPS) is 12.3. The quantitative estimate of drug-likeness (QED) is 0.309. The van der Waals surface area contributed by atoms with Crippen molar-refractivity contribution in [3.63, 3.8) is 0 Å². The highest BCUT2D eigenvalue weighted by Crippen LogP contribution is 2.39. The molecule has 5 heteroatoms. The molecule has 0 aliphatic heterocycles. The average molecular weight is 482 g/mol. The van der Waals surface area contributed by atoms with Gasteiger partial charge in [-0.25, -0.2) is 4.98 Å². The van der Waals surface area contributed by atoms with Gasteiger partial charge in [-0.15, -0.1) is 0 Å². The summed E-state index contributed by atoms with van der Waals surface area (Å²) < 4.78 is 2.18. The Morgan fingerprint density at radius 3 is 2.08 bits per heavy atom. The first-order valence-corrected chi connectivity index (χ1v) is 12.5. The van der Waals surface area contributed by atoms with Crippen LogP contribution in [-0.4, -0.2) is 38.6 Å². The number of benzene rings is 3. The molecule has 4 rings (SSSR count). The van der Waals surface area contributed by atoms with Gasteiger partial charge in [0.15, 0.2) is 0 Å². The van der Waals surface area contributed by atoms with Crippen molar-refractivity contribution in [3.05, 3.63) is 114 Å². The number of nitrogens with zero attached hydrogens (tertiary/aromatic N) is 3. The summed E-state index contributed by atoms with van der Waals surface area (Å²) in [6, 6.07) is 29.5. The van der Waals surface area contributed by atoms with Crippen molar-refractivity contribution in [1.29, 1.82) is 0 Å². The van der Waals surface area contributed by atoms with Crippen LogP contribution in [0.1, 0.15) is 55.0 Å². The maximum absolute atomic E-state index is 13.9. The van der Waals surface area contributed by atoms with Crippen molar-refractivity contribution in [3.8, 4) is 11.3 Å². The number of hydrogen-bond donors (Lipinski definition) is 1. The lowest BCUT2D eigenvalue weighted by Gasteiger charge is -2.40. The molecule has 0 spiro atoms. The van der Waals surface area contributed by atoms with Crippen LogP contribution in [0.2, 0.25) is 0 Å². The van der Waals surface area contributed by atoms with Gasteiger partial charge in [0.25, 0.3) is 5.91 Å². The van der Waals surface area contributed by atoms with Gasteiger partial charge >= 0.3 is 0 Å². The van der Waals surface area contributed by atoms with Crippen LogP contribution in [-0.2, 0) is 6.54 Å². The summed E-state index contributed by atoms with van der Waals surface area (Å²) in [6.07, 6.45) is 2.59. The van der Waals surface area contributed by atoms with Gasteiger partial charge in [0, 0.05) is 37.0 Å². The lowest BCUT2D eigenvalue weighted by Crippen LogP contribution is -2.43. The molecule has 1 N–H and O–H groups in total. The largest absolute Gasteiger partial charge is 0.396 e. The minimum Gasteiger partial charge on any atom is -0.396 e. The number of aliphatic hydroxyl groups is 1. The minimum absolute atomic E-state index is 0.0170. The number of aromatic nitrogens is 2. The molecule has 0 aliphatic carbocycles. The highest BCUT2D eigenvalue weighted by molar-refractivity contribution is 5.94. The fourth-order valence-electron chi connectivity index (χ4n) is 4.63. The molecular weight excluding hydrogens is 446 g/mol. The number of imidazole rings is 1. The lowest BCUT2D eigenvalue weighted by molar-refractivity contribution is 0.0464. The number of rotatable bonds is 9. The highest BCUT2D eigenvalue weighted by Gasteiger charge is 2.38. The van der Waals surface area contributed by atoms with Gasteiger partial charge in [0.2, 0.25) is 0 Å². The Kier molecular flexibility index (Phi) is 8.01. The van der Waals surface area contributed by atoms with E-state index in [1.54, 1.807) is 0 Å². The monoisotopic (exact) mass is 481 g/mol. The molecule has 186 valence electrons. The van der Waals surface area contributed by atoms with Crippen LogP contribution in [0.4, 0.5) is 0 Å². The Morgan fingerprint density at radius 1 is 0.917 bits per heavy atom. The van der Waals surface area contributed by atoms with Crippen molar-refractivity contribution in [2.75, 3.05) is 13.2 Å². The number of aliphatic hydroxyl groups excluding tert-OH is 1. The van der Waals surface area contributed by atoms with E-state index in [0.717, 1.165) is 17.1 Å². The summed E-state index contributed by atoms with van der Waals surface area (Å²) in [7, 11) is 0. The average Bonchev–Trinajstić information content (AvgIpc) is 3.29. The number of amides is 1. The van der Waals surface area contributed by atoms with Gasteiger partial charge in [-0.2, -0.15) is 0 Å². The first kappa shape index (κ1) is 25.4. The second-order valence-corrected chi connectivity index (χ2v) is 10.2. The van der Waals surface area contributed by atoms with Crippen molar-refractivity contribution < 1.29 is 9.90 Å². The van der Waals surface area contributed by atoms with Crippen molar-refractivity contribution >= 4 is 5.91 Å². The van der Waals surface area contributed by atoms with E-state index in [9.17, 15) is 9.90 Å². The topological polar surface area (TPSA) is 58.4 Å². The summed E-state index contributed by atoms with van der Waals surface area (Å²) in [6.45, 7) is 7.53.